The zero-order valence-corrected chi connectivity index (χ0v) is 11.1. The van der Waals surface area contributed by atoms with Gasteiger partial charge in [-0.1, -0.05) is 0 Å². The Morgan fingerprint density at radius 2 is 1.77 bits per heavy atom. The molecule has 5 nitrogen and oxygen atoms in total. The van der Waals surface area contributed by atoms with Crippen LogP contribution in [-0.4, -0.2) is 31.5 Å². The van der Waals surface area contributed by atoms with E-state index in [1.54, 1.807) is 0 Å². The lowest BCUT2D eigenvalue weighted by atomic mass is 10.1. The van der Waals surface area contributed by atoms with Gasteiger partial charge in [0.05, 0.1) is 20.6 Å². The fourth-order valence-electron chi connectivity index (χ4n) is 1.47. The molecule has 124 valence electrons. The van der Waals surface area contributed by atoms with Gasteiger partial charge in [0.25, 0.3) is 5.88 Å². The molecule has 0 unspecified atom stereocenters. The Labute approximate surface area is 119 Å². The average Bonchev–Trinajstić information content (AvgIpc) is 2.35. The molecule has 0 saturated heterocycles. The Kier molecular flexibility index (Phi) is 5.09. The summed E-state index contributed by atoms with van der Waals surface area (Å²) in [6.45, 7) is 0. The van der Waals surface area contributed by atoms with Crippen molar-refractivity contribution in [2.45, 2.75) is 19.0 Å². The highest BCUT2D eigenvalue weighted by Crippen LogP contribution is 2.38. The van der Waals surface area contributed by atoms with Gasteiger partial charge in [0.1, 0.15) is 0 Å². The Bertz CT molecular complexity index is 555. The van der Waals surface area contributed by atoms with E-state index in [1.807, 2.05) is 0 Å². The molecule has 22 heavy (non-hydrogen) atoms. The van der Waals surface area contributed by atoms with Gasteiger partial charge in [0.15, 0.2) is 11.4 Å². The second-order valence-corrected chi connectivity index (χ2v) is 3.80. The highest BCUT2D eigenvalue weighted by molar-refractivity contribution is 5.73. The van der Waals surface area contributed by atoms with Gasteiger partial charge in [-0.15, -0.1) is 13.2 Å². The first-order valence-electron chi connectivity index (χ1n) is 5.45. The van der Waals surface area contributed by atoms with Crippen LogP contribution in [-0.2, 0) is 22.1 Å². The molecule has 0 amide bonds. The monoisotopic (exact) mass is 333 g/mol. The maximum atomic E-state index is 12.9. The topological polar surface area (TPSA) is 57.7 Å². The van der Waals surface area contributed by atoms with E-state index in [9.17, 15) is 31.1 Å². The molecular weight excluding hydrogens is 324 g/mol. The summed E-state index contributed by atoms with van der Waals surface area (Å²) in [7, 11) is 1.74. The molecule has 0 aromatic carbocycles. The van der Waals surface area contributed by atoms with E-state index in [0.717, 1.165) is 14.2 Å². The maximum absolute atomic E-state index is 12.9. The van der Waals surface area contributed by atoms with Crippen LogP contribution < -0.4 is 9.47 Å². The molecule has 0 radical (unpaired) electrons. The van der Waals surface area contributed by atoms with Crippen LogP contribution in [0.1, 0.15) is 11.3 Å². The molecule has 11 heteroatoms. The minimum atomic E-state index is -5.17. The molecule has 0 aliphatic rings. The molecule has 1 heterocycles. The lowest BCUT2D eigenvalue weighted by Crippen LogP contribution is -2.20. The minimum absolute atomic E-state index is 0.388. The van der Waals surface area contributed by atoms with Crippen LogP contribution >= 0.6 is 0 Å². The molecule has 0 aliphatic heterocycles. The molecule has 1 aromatic heterocycles. The first-order valence-corrected chi connectivity index (χ1v) is 5.45. The van der Waals surface area contributed by atoms with E-state index in [2.05, 4.69) is 19.2 Å². The second kappa shape index (κ2) is 6.28. The molecule has 0 N–H and O–H groups in total. The fourth-order valence-corrected chi connectivity index (χ4v) is 1.47. The number of alkyl halides is 6. The second-order valence-electron chi connectivity index (χ2n) is 3.80. The van der Waals surface area contributed by atoms with Crippen LogP contribution in [0.25, 0.3) is 0 Å². The molecule has 0 saturated carbocycles. The predicted molar refractivity (Wildman–Crippen MR) is 58.2 cm³/mol. The van der Waals surface area contributed by atoms with Crippen LogP contribution in [0.4, 0.5) is 26.3 Å². The van der Waals surface area contributed by atoms with Crippen molar-refractivity contribution in [2.75, 3.05) is 14.2 Å². The Morgan fingerprint density at radius 3 is 2.18 bits per heavy atom. The Hall–Kier alpha value is -2.20. The van der Waals surface area contributed by atoms with Crippen LogP contribution in [0.2, 0.25) is 0 Å². The quantitative estimate of drug-likeness (QED) is 0.626. The first kappa shape index (κ1) is 17.9. The maximum Gasteiger partial charge on any atom is 0.573 e. The summed E-state index contributed by atoms with van der Waals surface area (Å²) in [4.78, 5) is 14.1. The van der Waals surface area contributed by atoms with E-state index in [-0.39, 0.29) is 0 Å². The summed E-state index contributed by atoms with van der Waals surface area (Å²) >= 11 is 0. The van der Waals surface area contributed by atoms with Crippen LogP contribution in [0, 0.1) is 0 Å². The first-order chi connectivity index (χ1) is 9.97. The highest BCUT2D eigenvalue weighted by Gasteiger charge is 2.39. The summed E-state index contributed by atoms with van der Waals surface area (Å²) in [6, 6.07) is 0.388. The van der Waals surface area contributed by atoms with E-state index in [0.29, 0.717) is 6.07 Å². The standard InChI is InChI=1S/C11H9F6NO4/c1-20-7(19)4-5-3-6(22-11(15,16)17)9(21-2)18-8(5)10(12,13)14/h3H,4H2,1-2H3. The Balaban J connectivity index is 3.42. The number of hydrogen-bond acceptors (Lipinski definition) is 5. The number of carbonyl (C=O) groups excluding carboxylic acids is 1. The van der Waals surface area contributed by atoms with Gasteiger partial charge in [0, 0.05) is 0 Å². The summed E-state index contributed by atoms with van der Waals surface area (Å²) < 4.78 is 87.4. The Morgan fingerprint density at radius 1 is 1.18 bits per heavy atom. The van der Waals surface area contributed by atoms with Gasteiger partial charge in [0.2, 0.25) is 0 Å². The third kappa shape index (κ3) is 4.67. The van der Waals surface area contributed by atoms with Crippen molar-refractivity contribution in [3.8, 4) is 11.6 Å². The van der Waals surface area contributed by atoms with Crippen molar-refractivity contribution < 1.29 is 45.3 Å². The predicted octanol–water partition coefficient (Wildman–Crippen LogP) is 2.72. The summed E-state index contributed by atoms with van der Waals surface area (Å²) in [6.07, 6.45) is -11.1. The van der Waals surface area contributed by atoms with E-state index >= 15 is 0 Å². The molecule has 0 atom stereocenters. The summed E-state index contributed by atoms with van der Waals surface area (Å²) in [5.41, 5.74) is -2.40. The van der Waals surface area contributed by atoms with E-state index < -0.39 is 47.8 Å². The average molecular weight is 333 g/mol. The van der Waals surface area contributed by atoms with Crippen LogP contribution in [0.15, 0.2) is 6.07 Å². The number of pyridine rings is 1. The van der Waals surface area contributed by atoms with Crippen molar-refractivity contribution >= 4 is 5.97 Å². The number of halogens is 6. The van der Waals surface area contributed by atoms with Crippen LogP contribution in [0.5, 0.6) is 11.6 Å². The number of hydrogen-bond donors (Lipinski definition) is 0. The van der Waals surface area contributed by atoms with Gasteiger partial charge in [-0.05, 0) is 11.6 Å². The molecule has 1 rings (SSSR count). The number of ether oxygens (including phenoxy) is 3. The fraction of sp³-hybridized carbons (Fsp3) is 0.455. The molecular formula is C11H9F6NO4. The number of nitrogens with zero attached hydrogens (tertiary/aromatic N) is 1. The van der Waals surface area contributed by atoms with Crippen LogP contribution in [0.3, 0.4) is 0 Å². The van der Waals surface area contributed by atoms with Gasteiger partial charge in [-0.25, -0.2) is 4.98 Å². The van der Waals surface area contributed by atoms with Gasteiger partial charge in [-0.2, -0.15) is 13.2 Å². The van der Waals surface area contributed by atoms with Crippen molar-refractivity contribution in [2.24, 2.45) is 0 Å². The van der Waals surface area contributed by atoms with Crippen molar-refractivity contribution in [1.82, 2.24) is 4.98 Å². The highest BCUT2D eigenvalue weighted by atomic mass is 19.4. The van der Waals surface area contributed by atoms with Gasteiger partial charge < -0.3 is 14.2 Å². The zero-order chi connectivity index (χ0) is 17.1. The third-order valence-corrected chi connectivity index (χ3v) is 2.28. The number of esters is 1. The number of carbonyl (C=O) groups is 1. The molecule has 1 aromatic rings. The largest absolute Gasteiger partial charge is 0.573 e. The lowest BCUT2D eigenvalue weighted by molar-refractivity contribution is -0.275. The molecule has 0 bridgehead atoms. The van der Waals surface area contributed by atoms with Gasteiger partial charge in [-0.3, -0.25) is 4.79 Å². The third-order valence-electron chi connectivity index (χ3n) is 2.28. The molecule has 0 fully saturated rings. The number of rotatable bonds is 4. The van der Waals surface area contributed by atoms with Crippen molar-refractivity contribution in [1.29, 1.82) is 0 Å². The van der Waals surface area contributed by atoms with E-state index in [4.69, 9.17) is 0 Å². The normalized spacial score (nSPS) is 12.0. The van der Waals surface area contributed by atoms with Crippen molar-refractivity contribution in [3.05, 3.63) is 17.3 Å². The van der Waals surface area contributed by atoms with Gasteiger partial charge >= 0.3 is 18.5 Å². The summed E-state index contributed by atoms with van der Waals surface area (Å²) in [5, 5.41) is 0. The molecule has 0 spiro atoms. The smallest absolute Gasteiger partial charge is 0.478 e. The zero-order valence-electron chi connectivity index (χ0n) is 11.1. The lowest BCUT2D eigenvalue weighted by Gasteiger charge is -2.17. The number of aromatic nitrogens is 1. The number of methoxy groups -OCH3 is 2. The van der Waals surface area contributed by atoms with E-state index in [1.165, 1.54) is 0 Å². The summed E-state index contributed by atoms with van der Waals surface area (Å²) in [5.74, 6) is -3.20. The molecule has 0 aliphatic carbocycles. The van der Waals surface area contributed by atoms with Crippen molar-refractivity contribution in [3.63, 3.8) is 0 Å². The SMILES string of the molecule is COC(=O)Cc1cc(OC(F)(F)F)c(OC)nc1C(F)(F)F. The minimum Gasteiger partial charge on any atom is -0.478 e.